The van der Waals surface area contributed by atoms with Crippen LogP contribution in [0.15, 0.2) is 48.5 Å². The third-order valence-corrected chi connectivity index (χ3v) is 5.32. The van der Waals surface area contributed by atoms with Gasteiger partial charge in [-0.05, 0) is 46.2 Å². The lowest BCUT2D eigenvalue weighted by molar-refractivity contribution is 0.246. The third kappa shape index (κ3) is 7.82. The molecule has 0 aliphatic carbocycles. The lowest BCUT2D eigenvalue weighted by Gasteiger charge is -2.19. The largest absolute Gasteiger partial charge is 0.333 e. The van der Waals surface area contributed by atoms with Crippen molar-refractivity contribution in [2.45, 2.75) is 38.5 Å². The fourth-order valence-electron chi connectivity index (χ4n) is 2.46. The second-order valence-electron chi connectivity index (χ2n) is 7.59. The van der Waals surface area contributed by atoms with Crippen LogP contribution >= 0.6 is 11.9 Å². The summed E-state index contributed by atoms with van der Waals surface area (Å²) in [7, 11) is -3.31. The van der Waals surface area contributed by atoms with Gasteiger partial charge < -0.3 is 5.32 Å². The molecule has 0 heterocycles. The van der Waals surface area contributed by atoms with Crippen molar-refractivity contribution in [2.75, 3.05) is 11.0 Å². The molecular formula is C20H27N3O3S2. The standard InChI is InChI=1S/C20H27N3O3S2/c1-20(2,3)17-10-8-15(9-11-17)13-21-19(24)22-27-14-16-6-5-7-18(12-16)23-28(4,25)26/h5-12,23H,13-14H2,1-4H3,(H2,21,22,24). The molecule has 28 heavy (non-hydrogen) atoms. The van der Waals surface area contributed by atoms with Gasteiger partial charge in [0.1, 0.15) is 0 Å². The van der Waals surface area contributed by atoms with Crippen LogP contribution in [0.25, 0.3) is 0 Å². The Labute approximate surface area is 171 Å². The average Bonchev–Trinajstić information content (AvgIpc) is 2.58. The van der Waals surface area contributed by atoms with E-state index >= 15 is 0 Å². The molecule has 0 aromatic heterocycles. The normalized spacial score (nSPS) is 11.7. The minimum Gasteiger partial charge on any atom is -0.333 e. The second kappa shape index (κ2) is 9.34. The smallest absolute Gasteiger partial charge is 0.325 e. The first-order chi connectivity index (χ1) is 13.0. The van der Waals surface area contributed by atoms with E-state index in [0.29, 0.717) is 18.0 Å². The van der Waals surface area contributed by atoms with Crippen LogP contribution in [0.1, 0.15) is 37.5 Å². The highest BCUT2D eigenvalue weighted by atomic mass is 32.2. The van der Waals surface area contributed by atoms with E-state index in [9.17, 15) is 13.2 Å². The number of rotatable bonds is 7. The SMILES string of the molecule is CC(C)(C)c1ccc(CNC(=O)NSCc2cccc(NS(C)(=O)=O)c2)cc1. The monoisotopic (exact) mass is 421 g/mol. The van der Waals surface area contributed by atoms with Gasteiger partial charge in [0, 0.05) is 18.0 Å². The van der Waals surface area contributed by atoms with Crippen LogP contribution in [0, 0.1) is 0 Å². The van der Waals surface area contributed by atoms with Gasteiger partial charge in [-0.25, -0.2) is 13.2 Å². The quantitative estimate of drug-likeness (QED) is 0.590. The molecule has 0 spiro atoms. The molecule has 3 N–H and O–H groups in total. The molecule has 8 heteroatoms. The molecule has 0 aliphatic rings. The number of benzene rings is 2. The minimum absolute atomic E-state index is 0.105. The zero-order valence-corrected chi connectivity index (χ0v) is 18.2. The lowest BCUT2D eigenvalue weighted by atomic mass is 9.87. The fraction of sp³-hybridized carbons (Fsp3) is 0.350. The molecule has 0 bridgehead atoms. The summed E-state index contributed by atoms with van der Waals surface area (Å²) in [5, 5.41) is 2.82. The number of urea groups is 1. The molecule has 0 radical (unpaired) electrons. The van der Waals surface area contributed by atoms with Crippen LogP contribution in [0.3, 0.4) is 0 Å². The number of hydrogen-bond donors (Lipinski definition) is 3. The van der Waals surface area contributed by atoms with E-state index < -0.39 is 10.0 Å². The highest BCUT2D eigenvalue weighted by molar-refractivity contribution is 7.97. The van der Waals surface area contributed by atoms with Crippen LogP contribution in [-0.2, 0) is 27.7 Å². The summed E-state index contributed by atoms with van der Waals surface area (Å²) < 4.78 is 27.7. The van der Waals surface area contributed by atoms with Crippen LogP contribution in [0.5, 0.6) is 0 Å². The van der Waals surface area contributed by atoms with Gasteiger partial charge in [-0.3, -0.25) is 9.44 Å². The van der Waals surface area contributed by atoms with Gasteiger partial charge in [0.05, 0.1) is 6.26 Å². The highest BCUT2D eigenvalue weighted by Crippen LogP contribution is 2.22. The number of carbonyl (C=O) groups is 1. The van der Waals surface area contributed by atoms with Crippen molar-refractivity contribution in [3.63, 3.8) is 0 Å². The molecule has 2 rings (SSSR count). The first kappa shape index (κ1) is 22.1. The Hall–Kier alpha value is -2.19. The third-order valence-electron chi connectivity index (χ3n) is 3.91. The van der Waals surface area contributed by atoms with Crippen LogP contribution in [0.4, 0.5) is 10.5 Å². The molecule has 2 aromatic rings. The van der Waals surface area contributed by atoms with E-state index in [4.69, 9.17) is 0 Å². The van der Waals surface area contributed by atoms with Crippen molar-refractivity contribution in [1.29, 1.82) is 0 Å². The Kier molecular flexibility index (Phi) is 7.37. The maximum atomic E-state index is 12.0. The summed E-state index contributed by atoms with van der Waals surface area (Å²) in [6, 6.07) is 15.0. The van der Waals surface area contributed by atoms with Gasteiger partial charge in [-0.1, -0.05) is 57.2 Å². The lowest BCUT2D eigenvalue weighted by Crippen LogP contribution is -2.30. The van der Waals surface area contributed by atoms with Crippen molar-refractivity contribution in [3.8, 4) is 0 Å². The predicted molar refractivity (Wildman–Crippen MR) is 117 cm³/mol. The van der Waals surface area contributed by atoms with E-state index in [2.05, 4.69) is 47.7 Å². The minimum atomic E-state index is -3.31. The molecule has 2 aromatic carbocycles. The summed E-state index contributed by atoms with van der Waals surface area (Å²) in [6.45, 7) is 6.94. The summed E-state index contributed by atoms with van der Waals surface area (Å²) >= 11 is 1.24. The molecular weight excluding hydrogens is 394 g/mol. The molecule has 0 saturated heterocycles. The molecule has 2 amide bonds. The number of carbonyl (C=O) groups excluding carboxylic acids is 1. The summed E-state index contributed by atoms with van der Waals surface area (Å²) in [4.78, 5) is 12.0. The Bertz CT molecular complexity index is 905. The van der Waals surface area contributed by atoms with E-state index in [0.717, 1.165) is 17.4 Å². The zero-order valence-electron chi connectivity index (χ0n) is 16.6. The topological polar surface area (TPSA) is 87.3 Å². The molecule has 0 saturated carbocycles. The predicted octanol–water partition coefficient (Wildman–Crippen LogP) is 4.00. The Morgan fingerprint density at radius 1 is 1.04 bits per heavy atom. The highest BCUT2D eigenvalue weighted by Gasteiger charge is 2.12. The molecule has 0 fully saturated rings. The van der Waals surface area contributed by atoms with Crippen LogP contribution < -0.4 is 14.8 Å². The van der Waals surface area contributed by atoms with Crippen molar-refractivity contribution in [1.82, 2.24) is 10.0 Å². The van der Waals surface area contributed by atoms with Crippen molar-refractivity contribution in [2.24, 2.45) is 0 Å². The molecule has 0 unspecified atom stereocenters. The average molecular weight is 422 g/mol. The van der Waals surface area contributed by atoms with Gasteiger partial charge in [-0.15, -0.1) is 0 Å². The fourth-order valence-corrected chi connectivity index (χ4v) is 3.64. The van der Waals surface area contributed by atoms with Crippen molar-refractivity contribution < 1.29 is 13.2 Å². The number of sulfonamides is 1. The van der Waals surface area contributed by atoms with Crippen molar-refractivity contribution >= 4 is 33.7 Å². The second-order valence-corrected chi connectivity index (χ2v) is 10.1. The molecule has 0 aliphatic heterocycles. The number of nitrogens with one attached hydrogen (secondary N) is 3. The Morgan fingerprint density at radius 3 is 2.32 bits per heavy atom. The molecule has 152 valence electrons. The first-order valence-electron chi connectivity index (χ1n) is 8.85. The van der Waals surface area contributed by atoms with E-state index in [1.807, 2.05) is 18.2 Å². The Balaban J connectivity index is 1.76. The van der Waals surface area contributed by atoms with E-state index in [1.165, 1.54) is 17.5 Å². The van der Waals surface area contributed by atoms with Gasteiger partial charge in [0.2, 0.25) is 10.0 Å². The van der Waals surface area contributed by atoms with Gasteiger partial charge in [0.15, 0.2) is 0 Å². The zero-order chi connectivity index (χ0) is 20.8. The van der Waals surface area contributed by atoms with Gasteiger partial charge >= 0.3 is 6.03 Å². The van der Waals surface area contributed by atoms with Gasteiger partial charge in [0.25, 0.3) is 0 Å². The van der Waals surface area contributed by atoms with E-state index in [-0.39, 0.29) is 11.4 Å². The Morgan fingerprint density at radius 2 is 1.71 bits per heavy atom. The molecule has 0 atom stereocenters. The maximum Gasteiger partial charge on any atom is 0.325 e. The number of hydrogen-bond acceptors (Lipinski definition) is 4. The number of anilines is 1. The van der Waals surface area contributed by atoms with Crippen LogP contribution in [-0.4, -0.2) is 20.7 Å². The first-order valence-corrected chi connectivity index (χ1v) is 11.7. The summed E-state index contributed by atoms with van der Waals surface area (Å²) in [5.41, 5.74) is 3.80. The van der Waals surface area contributed by atoms with Crippen LogP contribution in [0.2, 0.25) is 0 Å². The summed E-state index contributed by atoms with van der Waals surface area (Å²) in [6.07, 6.45) is 1.11. The number of amides is 2. The molecule has 6 nitrogen and oxygen atoms in total. The summed E-state index contributed by atoms with van der Waals surface area (Å²) in [5.74, 6) is 0.521. The van der Waals surface area contributed by atoms with Gasteiger partial charge in [-0.2, -0.15) is 0 Å². The van der Waals surface area contributed by atoms with E-state index in [1.54, 1.807) is 18.2 Å². The van der Waals surface area contributed by atoms with Crippen molar-refractivity contribution in [3.05, 3.63) is 65.2 Å². The maximum absolute atomic E-state index is 12.0.